The van der Waals surface area contributed by atoms with Gasteiger partial charge in [0, 0.05) is 36.2 Å². The minimum atomic E-state index is 0.594. The molecular formula is C17H24N2. The second kappa shape index (κ2) is 4.68. The van der Waals surface area contributed by atoms with Crippen LogP contribution < -0.4 is 5.32 Å². The molecule has 1 N–H and O–H groups in total. The Balaban J connectivity index is 2.02. The predicted octanol–water partition coefficient (Wildman–Crippen LogP) is 3.86. The number of nitrogens with one attached hydrogen (secondary N) is 1. The summed E-state index contributed by atoms with van der Waals surface area (Å²) >= 11 is 0. The molecule has 2 heteroatoms. The highest BCUT2D eigenvalue weighted by Gasteiger charge is 2.21. The van der Waals surface area contributed by atoms with Crippen molar-refractivity contribution in [3.8, 4) is 0 Å². The first kappa shape index (κ1) is 12.7. The van der Waals surface area contributed by atoms with Gasteiger partial charge in [-0.3, -0.25) is 0 Å². The standard InChI is InChI=1S/C17H24N2/c1-11(2)13-5-8-16-15(9-13)12(3)17(19(16)4)10-18-14-6-7-14/h5,8-9,11,14,18H,6-7,10H2,1-4H3. The molecule has 0 radical (unpaired) electrons. The molecule has 1 aliphatic rings. The van der Waals surface area contributed by atoms with Crippen molar-refractivity contribution in [3.05, 3.63) is 35.0 Å². The van der Waals surface area contributed by atoms with Crippen molar-refractivity contribution in [1.29, 1.82) is 0 Å². The molecule has 1 saturated carbocycles. The third-order valence-electron chi connectivity index (χ3n) is 4.43. The molecule has 102 valence electrons. The molecule has 1 fully saturated rings. The van der Waals surface area contributed by atoms with Crippen LogP contribution in [0.1, 0.15) is 49.4 Å². The van der Waals surface area contributed by atoms with Gasteiger partial charge in [0.15, 0.2) is 0 Å². The Labute approximate surface area is 115 Å². The molecule has 0 unspecified atom stereocenters. The van der Waals surface area contributed by atoms with E-state index in [-0.39, 0.29) is 0 Å². The quantitative estimate of drug-likeness (QED) is 0.879. The average Bonchev–Trinajstić information content (AvgIpc) is 3.18. The predicted molar refractivity (Wildman–Crippen MR) is 81.6 cm³/mol. The van der Waals surface area contributed by atoms with E-state index >= 15 is 0 Å². The highest BCUT2D eigenvalue weighted by Crippen LogP contribution is 2.29. The van der Waals surface area contributed by atoms with Gasteiger partial charge in [-0.1, -0.05) is 19.9 Å². The van der Waals surface area contributed by atoms with Gasteiger partial charge in [0.1, 0.15) is 0 Å². The number of hydrogen-bond donors (Lipinski definition) is 1. The van der Waals surface area contributed by atoms with Gasteiger partial charge in [-0.05, 0) is 48.9 Å². The molecule has 1 aromatic carbocycles. The maximum absolute atomic E-state index is 3.63. The van der Waals surface area contributed by atoms with Gasteiger partial charge in [-0.15, -0.1) is 0 Å². The fourth-order valence-corrected chi connectivity index (χ4v) is 2.84. The Bertz CT molecular complexity index is 603. The van der Waals surface area contributed by atoms with Crippen LogP contribution in [0.2, 0.25) is 0 Å². The van der Waals surface area contributed by atoms with Crippen molar-refractivity contribution in [1.82, 2.24) is 9.88 Å². The minimum absolute atomic E-state index is 0.594. The molecule has 0 amide bonds. The second-order valence-corrected chi connectivity index (χ2v) is 6.22. The summed E-state index contributed by atoms with van der Waals surface area (Å²) < 4.78 is 2.35. The van der Waals surface area contributed by atoms with E-state index in [2.05, 4.69) is 55.9 Å². The zero-order valence-electron chi connectivity index (χ0n) is 12.5. The maximum atomic E-state index is 3.63. The van der Waals surface area contributed by atoms with E-state index in [0.29, 0.717) is 5.92 Å². The highest BCUT2D eigenvalue weighted by atomic mass is 15.0. The molecule has 1 heterocycles. The van der Waals surface area contributed by atoms with Gasteiger partial charge in [-0.25, -0.2) is 0 Å². The van der Waals surface area contributed by atoms with E-state index < -0.39 is 0 Å². The average molecular weight is 256 g/mol. The molecule has 1 aliphatic carbocycles. The van der Waals surface area contributed by atoms with Crippen molar-refractivity contribution in [3.63, 3.8) is 0 Å². The molecule has 0 bridgehead atoms. The molecule has 2 nitrogen and oxygen atoms in total. The van der Waals surface area contributed by atoms with E-state index in [9.17, 15) is 0 Å². The van der Waals surface area contributed by atoms with Crippen molar-refractivity contribution < 1.29 is 0 Å². The van der Waals surface area contributed by atoms with E-state index in [1.165, 1.54) is 40.6 Å². The Morgan fingerprint density at radius 2 is 2.05 bits per heavy atom. The van der Waals surface area contributed by atoms with Crippen LogP contribution in [0.15, 0.2) is 18.2 Å². The maximum Gasteiger partial charge on any atom is 0.0483 e. The first-order chi connectivity index (χ1) is 9.08. The van der Waals surface area contributed by atoms with Crippen molar-refractivity contribution >= 4 is 10.9 Å². The first-order valence-electron chi connectivity index (χ1n) is 7.39. The third kappa shape index (κ3) is 2.30. The smallest absolute Gasteiger partial charge is 0.0483 e. The topological polar surface area (TPSA) is 17.0 Å². The van der Waals surface area contributed by atoms with E-state index in [4.69, 9.17) is 0 Å². The summed E-state index contributed by atoms with van der Waals surface area (Å²) in [5.74, 6) is 0.594. The number of aromatic nitrogens is 1. The van der Waals surface area contributed by atoms with Crippen LogP contribution in [0, 0.1) is 6.92 Å². The number of rotatable bonds is 4. The normalized spacial score (nSPS) is 15.6. The Hall–Kier alpha value is -1.28. The van der Waals surface area contributed by atoms with Gasteiger partial charge in [-0.2, -0.15) is 0 Å². The lowest BCUT2D eigenvalue weighted by molar-refractivity contribution is 0.652. The van der Waals surface area contributed by atoms with Crippen molar-refractivity contribution in [2.45, 2.75) is 52.1 Å². The molecular weight excluding hydrogens is 232 g/mol. The van der Waals surface area contributed by atoms with Crippen molar-refractivity contribution in [2.24, 2.45) is 7.05 Å². The summed E-state index contributed by atoms with van der Waals surface area (Å²) in [4.78, 5) is 0. The van der Waals surface area contributed by atoms with Crippen LogP contribution in [-0.2, 0) is 13.6 Å². The molecule has 0 spiro atoms. The molecule has 2 aromatic rings. The lowest BCUT2D eigenvalue weighted by atomic mass is 10.0. The molecule has 0 aliphatic heterocycles. The van der Waals surface area contributed by atoms with Crippen LogP contribution in [-0.4, -0.2) is 10.6 Å². The second-order valence-electron chi connectivity index (χ2n) is 6.22. The molecule has 3 rings (SSSR count). The molecule has 0 saturated heterocycles. The number of fused-ring (bicyclic) bond motifs is 1. The lowest BCUT2D eigenvalue weighted by Gasteiger charge is -2.07. The Morgan fingerprint density at radius 3 is 2.68 bits per heavy atom. The fourth-order valence-electron chi connectivity index (χ4n) is 2.84. The summed E-state index contributed by atoms with van der Waals surface area (Å²) in [5, 5.41) is 5.05. The summed E-state index contributed by atoms with van der Waals surface area (Å²) in [6.07, 6.45) is 2.70. The Morgan fingerprint density at radius 1 is 1.32 bits per heavy atom. The fraction of sp³-hybridized carbons (Fsp3) is 0.529. The van der Waals surface area contributed by atoms with Crippen LogP contribution in [0.3, 0.4) is 0 Å². The van der Waals surface area contributed by atoms with E-state index in [1.807, 2.05) is 0 Å². The number of aryl methyl sites for hydroxylation is 2. The highest BCUT2D eigenvalue weighted by molar-refractivity contribution is 5.86. The summed E-state index contributed by atoms with van der Waals surface area (Å²) in [5.41, 5.74) is 5.66. The van der Waals surface area contributed by atoms with Crippen LogP contribution in [0.4, 0.5) is 0 Å². The SMILES string of the molecule is Cc1c(CNC2CC2)n(C)c2ccc(C(C)C)cc12. The zero-order valence-corrected chi connectivity index (χ0v) is 12.5. The van der Waals surface area contributed by atoms with Gasteiger partial charge in [0.05, 0.1) is 0 Å². The zero-order chi connectivity index (χ0) is 13.6. The number of hydrogen-bond acceptors (Lipinski definition) is 1. The van der Waals surface area contributed by atoms with E-state index in [0.717, 1.165) is 12.6 Å². The monoisotopic (exact) mass is 256 g/mol. The third-order valence-corrected chi connectivity index (χ3v) is 4.43. The van der Waals surface area contributed by atoms with Gasteiger partial charge in [0.25, 0.3) is 0 Å². The molecule has 19 heavy (non-hydrogen) atoms. The lowest BCUT2D eigenvalue weighted by Crippen LogP contribution is -2.17. The summed E-state index contributed by atoms with van der Waals surface area (Å²) in [6, 6.07) is 7.68. The van der Waals surface area contributed by atoms with Gasteiger partial charge in [0.2, 0.25) is 0 Å². The minimum Gasteiger partial charge on any atom is -0.346 e. The molecule has 0 atom stereocenters. The van der Waals surface area contributed by atoms with Gasteiger partial charge < -0.3 is 9.88 Å². The van der Waals surface area contributed by atoms with Crippen LogP contribution >= 0.6 is 0 Å². The summed E-state index contributed by atoms with van der Waals surface area (Å²) in [6.45, 7) is 7.78. The summed E-state index contributed by atoms with van der Waals surface area (Å²) in [7, 11) is 2.19. The number of benzene rings is 1. The largest absolute Gasteiger partial charge is 0.346 e. The van der Waals surface area contributed by atoms with E-state index in [1.54, 1.807) is 0 Å². The number of nitrogens with zero attached hydrogens (tertiary/aromatic N) is 1. The molecule has 1 aromatic heterocycles. The van der Waals surface area contributed by atoms with Crippen molar-refractivity contribution in [2.75, 3.05) is 0 Å². The first-order valence-corrected chi connectivity index (χ1v) is 7.39. The van der Waals surface area contributed by atoms with Crippen LogP contribution in [0.5, 0.6) is 0 Å². The Kier molecular flexibility index (Phi) is 3.14. The van der Waals surface area contributed by atoms with Gasteiger partial charge >= 0.3 is 0 Å². The van der Waals surface area contributed by atoms with Crippen LogP contribution in [0.25, 0.3) is 10.9 Å².